The number of allylic oxidation sites excluding steroid dienone is 2. The number of hydrogen-bond acceptors (Lipinski definition) is 7. The molecule has 6 aliphatic carbocycles. The predicted molar refractivity (Wildman–Crippen MR) is 148 cm³/mol. The second kappa shape index (κ2) is 10.2. The summed E-state index contributed by atoms with van der Waals surface area (Å²) in [5.74, 6) is 4.43. The Balaban J connectivity index is 0.000000125. The van der Waals surface area contributed by atoms with Gasteiger partial charge in [0.05, 0.1) is 6.42 Å². The molecule has 39 heavy (non-hydrogen) atoms. The molecule has 5 saturated carbocycles. The first-order chi connectivity index (χ1) is 18.2. The van der Waals surface area contributed by atoms with Gasteiger partial charge in [-0.15, -0.1) is 0 Å². The molecule has 6 unspecified atom stereocenters. The third-order valence-corrected chi connectivity index (χ3v) is 15.5. The maximum atomic E-state index is 11.5. The molecule has 6 fully saturated rings. The Morgan fingerprint density at radius 3 is 2.26 bits per heavy atom. The highest BCUT2D eigenvalue weighted by molar-refractivity contribution is 6.74. The first-order valence-corrected chi connectivity index (χ1v) is 17.9. The summed E-state index contributed by atoms with van der Waals surface area (Å²) in [6.07, 6.45) is 9.58. The van der Waals surface area contributed by atoms with Crippen molar-refractivity contribution in [3.05, 3.63) is 12.2 Å². The van der Waals surface area contributed by atoms with Crippen molar-refractivity contribution in [3.63, 3.8) is 0 Å². The molecule has 216 valence electrons. The highest BCUT2D eigenvalue weighted by atomic mass is 28.4. The fraction of sp³-hybridized carbons (Fsp3) is 0.806. The molecule has 7 rings (SSSR count). The van der Waals surface area contributed by atoms with E-state index in [4.69, 9.17) is 13.9 Å². The van der Waals surface area contributed by atoms with Crippen molar-refractivity contribution in [1.82, 2.24) is 0 Å². The second-order valence-corrected chi connectivity index (χ2v) is 19.1. The lowest BCUT2D eigenvalue weighted by Gasteiger charge is -2.40. The van der Waals surface area contributed by atoms with Crippen LogP contribution in [0.2, 0.25) is 18.1 Å². The zero-order valence-corrected chi connectivity index (χ0v) is 25.6. The molecule has 0 amide bonds. The van der Waals surface area contributed by atoms with E-state index in [1.165, 1.54) is 6.92 Å². The number of Topliss-reactive ketones (excluding diaryl/α,β-unsaturated/α-hetero) is 2. The predicted octanol–water partition coefficient (Wildman–Crippen LogP) is 5.27. The Hall–Kier alpha value is -1.80. The van der Waals surface area contributed by atoms with Crippen molar-refractivity contribution in [3.8, 4) is 0 Å². The Morgan fingerprint density at radius 2 is 1.77 bits per heavy atom. The molecular formula is C31H46O7Si. The van der Waals surface area contributed by atoms with E-state index in [1.807, 2.05) is 0 Å². The largest absolute Gasteiger partial charge is 0.462 e. The smallest absolute Gasteiger partial charge is 0.306 e. The van der Waals surface area contributed by atoms with Crippen LogP contribution in [0.25, 0.3) is 0 Å². The first kappa shape index (κ1) is 28.7. The average Bonchev–Trinajstić information content (AvgIpc) is 3.13. The summed E-state index contributed by atoms with van der Waals surface area (Å²) < 4.78 is 16.9. The van der Waals surface area contributed by atoms with Crippen LogP contribution in [0.4, 0.5) is 0 Å². The molecule has 0 spiro atoms. The van der Waals surface area contributed by atoms with Crippen molar-refractivity contribution >= 4 is 31.8 Å². The van der Waals surface area contributed by atoms with Crippen LogP contribution in [0.3, 0.4) is 0 Å². The highest BCUT2D eigenvalue weighted by Gasteiger charge is 2.76. The average molecular weight is 559 g/mol. The summed E-state index contributed by atoms with van der Waals surface area (Å²) >= 11 is 0. The van der Waals surface area contributed by atoms with Gasteiger partial charge in [-0.1, -0.05) is 39.8 Å². The van der Waals surface area contributed by atoms with Gasteiger partial charge >= 0.3 is 11.9 Å². The van der Waals surface area contributed by atoms with E-state index in [0.717, 1.165) is 31.6 Å². The maximum absolute atomic E-state index is 11.5. The van der Waals surface area contributed by atoms with Crippen molar-refractivity contribution < 1.29 is 33.1 Å². The standard InChI is InChI=1S/C13H22O2Si.C11H16O4.C7H8O/c1-13(2,3)16(4,5)15-8-6-7-9-10(8)11(9)12(7)14;1-3-7-8-4-11(13)15-10(8)5-9(7)14-6(2)12;8-7-4-5-2-1-3-6(5)7/h7-11H,6H2,1-5H3;7-10H,3-5H2,1-2H3;1-2,5-6H,3-4H2/t7-,8+,9-,10?,11?;;5-,6-/m1.1/s1. The van der Waals surface area contributed by atoms with E-state index < -0.39 is 8.32 Å². The number of carbonyl (C=O) groups excluding carboxylic acids is 4. The molecule has 0 radical (unpaired) electrons. The van der Waals surface area contributed by atoms with Crippen LogP contribution in [0.1, 0.15) is 73.1 Å². The van der Waals surface area contributed by atoms with Gasteiger partial charge in [0.25, 0.3) is 0 Å². The minimum Gasteiger partial charge on any atom is -0.462 e. The summed E-state index contributed by atoms with van der Waals surface area (Å²) in [5.41, 5.74) is 0. The molecule has 1 aliphatic heterocycles. The van der Waals surface area contributed by atoms with Crippen LogP contribution in [0, 0.1) is 47.3 Å². The van der Waals surface area contributed by atoms with Crippen LogP contribution in [-0.4, -0.2) is 50.1 Å². The molecule has 0 bridgehead atoms. The lowest BCUT2D eigenvalue weighted by Crippen LogP contribution is -2.46. The van der Waals surface area contributed by atoms with Gasteiger partial charge in [0.1, 0.15) is 23.8 Å². The highest BCUT2D eigenvalue weighted by Crippen LogP contribution is 2.71. The SMILES string of the molecule is CC(C)(C)[Si](C)(C)O[C@H]1C[C@H]2C(=O)C3C1[C@H]32.CCC1C(OC(C)=O)CC2OC(=O)CC21.O=C1C[C@H]2C=CC[C@@H]12. The summed E-state index contributed by atoms with van der Waals surface area (Å²) in [4.78, 5) is 44.2. The van der Waals surface area contributed by atoms with E-state index >= 15 is 0 Å². The molecule has 7 aliphatic rings. The topological polar surface area (TPSA) is 96.0 Å². The number of hydrogen-bond donors (Lipinski definition) is 0. The third-order valence-electron chi connectivity index (χ3n) is 11.0. The van der Waals surface area contributed by atoms with E-state index in [0.29, 0.717) is 60.1 Å². The minimum absolute atomic E-state index is 0.0215. The van der Waals surface area contributed by atoms with Gasteiger partial charge in [-0.05, 0) is 55.1 Å². The number of esters is 2. The summed E-state index contributed by atoms with van der Waals surface area (Å²) in [5, 5.41) is 0.286. The number of fused-ring (bicyclic) bond motifs is 3. The number of ketones is 2. The van der Waals surface area contributed by atoms with Gasteiger partial charge in [-0.25, -0.2) is 0 Å². The molecule has 0 N–H and O–H groups in total. The van der Waals surface area contributed by atoms with E-state index in [9.17, 15) is 19.2 Å². The van der Waals surface area contributed by atoms with Gasteiger partial charge in [0.2, 0.25) is 0 Å². The monoisotopic (exact) mass is 558 g/mol. The summed E-state index contributed by atoms with van der Waals surface area (Å²) in [7, 11) is -1.63. The summed E-state index contributed by atoms with van der Waals surface area (Å²) in [6.45, 7) is 15.0. The minimum atomic E-state index is -1.63. The van der Waals surface area contributed by atoms with Crippen molar-refractivity contribution in [2.75, 3.05) is 0 Å². The molecule has 0 aromatic heterocycles. The van der Waals surface area contributed by atoms with Gasteiger partial charge in [-0.2, -0.15) is 0 Å². The molecule has 1 heterocycles. The Morgan fingerprint density at radius 1 is 1.05 bits per heavy atom. The molecule has 0 aromatic rings. The normalized spacial score (nSPS) is 42.0. The van der Waals surface area contributed by atoms with Gasteiger partial charge < -0.3 is 13.9 Å². The van der Waals surface area contributed by atoms with Crippen molar-refractivity contribution in [1.29, 1.82) is 0 Å². The Labute approximate surface area is 233 Å². The van der Waals surface area contributed by atoms with E-state index in [-0.39, 0.29) is 41.0 Å². The number of carbonyl (C=O) groups is 4. The molecule has 8 heteroatoms. The lowest BCUT2D eigenvalue weighted by molar-refractivity contribution is -0.150. The second-order valence-electron chi connectivity index (χ2n) is 14.3. The van der Waals surface area contributed by atoms with Crippen LogP contribution in [-0.2, 0) is 33.1 Å². The zero-order chi connectivity index (χ0) is 28.4. The van der Waals surface area contributed by atoms with E-state index in [1.54, 1.807) is 0 Å². The Bertz CT molecular complexity index is 1060. The maximum Gasteiger partial charge on any atom is 0.306 e. The molecule has 0 aromatic carbocycles. The quantitative estimate of drug-likeness (QED) is 0.263. The fourth-order valence-electron chi connectivity index (χ4n) is 7.80. The Kier molecular flexibility index (Phi) is 7.53. The van der Waals surface area contributed by atoms with Gasteiger partial charge in [-0.3, -0.25) is 19.2 Å². The lowest BCUT2D eigenvalue weighted by atomic mass is 9.75. The van der Waals surface area contributed by atoms with Gasteiger partial charge in [0.15, 0.2) is 8.32 Å². The fourth-order valence-corrected chi connectivity index (χ4v) is 9.17. The van der Waals surface area contributed by atoms with Crippen LogP contribution >= 0.6 is 0 Å². The zero-order valence-electron chi connectivity index (χ0n) is 24.6. The molecule has 1 saturated heterocycles. The molecule has 7 nitrogen and oxygen atoms in total. The number of ether oxygens (including phenoxy) is 2. The summed E-state index contributed by atoms with van der Waals surface area (Å²) in [6, 6.07) is 0. The molecule has 11 atom stereocenters. The van der Waals surface area contributed by atoms with Crippen LogP contribution in [0.15, 0.2) is 12.2 Å². The van der Waals surface area contributed by atoms with Crippen LogP contribution in [0.5, 0.6) is 0 Å². The van der Waals surface area contributed by atoms with Crippen molar-refractivity contribution in [2.24, 2.45) is 47.3 Å². The van der Waals surface area contributed by atoms with Crippen molar-refractivity contribution in [2.45, 2.75) is 110 Å². The first-order valence-electron chi connectivity index (χ1n) is 15.0. The van der Waals surface area contributed by atoms with Crippen LogP contribution < -0.4 is 0 Å². The number of rotatable bonds is 4. The molecular weight excluding hydrogens is 512 g/mol. The van der Waals surface area contributed by atoms with Gasteiger partial charge in [0, 0.05) is 55.5 Å². The third kappa shape index (κ3) is 5.20. The van der Waals surface area contributed by atoms with E-state index in [2.05, 4.69) is 52.9 Å².